The first-order valence-electron chi connectivity index (χ1n) is 7.59. The number of unbranched alkanes of at least 4 members (excludes halogenated alkanes) is 2. The third kappa shape index (κ3) is 11.0. The number of hydrogen-bond donors (Lipinski definition) is 0. The predicted molar refractivity (Wildman–Crippen MR) is 86.2 cm³/mol. The minimum absolute atomic E-state index is 0.259. The lowest BCUT2D eigenvalue weighted by atomic mass is 10.0. The number of hydrogen-bond acceptors (Lipinski definition) is 2. The zero-order chi connectivity index (χ0) is 14.9. The Morgan fingerprint density at radius 3 is 2.32 bits per heavy atom. The molecule has 1 unspecified atom stereocenters. The van der Waals surface area contributed by atoms with Crippen LogP contribution in [0.2, 0.25) is 25.7 Å². The quantitative estimate of drug-likeness (QED) is 0.243. The Bertz CT molecular complexity index is 279. The fourth-order valence-electron chi connectivity index (χ4n) is 2.32. The van der Waals surface area contributed by atoms with Crippen molar-refractivity contribution in [3.63, 3.8) is 0 Å². The minimum atomic E-state index is -0.923. The smallest absolute Gasteiger partial charge is 0.333 e. The van der Waals surface area contributed by atoms with Crippen LogP contribution in [0, 0.1) is 5.92 Å². The predicted octanol–water partition coefficient (Wildman–Crippen LogP) is 5.03. The molecule has 0 aromatic carbocycles. The van der Waals surface area contributed by atoms with Crippen LogP contribution in [0.1, 0.15) is 46.0 Å². The number of ether oxygens (including phenoxy) is 1. The van der Waals surface area contributed by atoms with E-state index < -0.39 is 8.07 Å². The third-order valence-corrected chi connectivity index (χ3v) is 5.12. The van der Waals surface area contributed by atoms with Gasteiger partial charge in [-0.2, -0.15) is 0 Å². The van der Waals surface area contributed by atoms with Gasteiger partial charge in [0, 0.05) is 13.6 Å². The zero-order valence-electron chi connectivity index (χ0n) is 13.6. The summed E-state index contributed by atoms with van der Waals surface area (Å²) >= 11 is 0. The summed E-state index contributed by atoms with van der Waals surface area (Å²) in [5.74, 6) is 0.634. The van der Waals surface area contributed by atoms with Crippen molar-refractivity contribution in [2.24, 2.45) is 5.92 Å². The average molecular weight is 285 g/mol. The highest BCUT2D eigenvalue weighted by molar-refractivity contribution is 6.76. The molecule has 0 aromatic heterocycles. The molecule has 0 aromatic rings. The molecule has 0 N–H and O–H groups in total. The van der Waals surface area contributed by atoms with Gasteiger partial charge in [0.15, 0.2) is 0 Å². The molecule has 0 spiro atoms. The highest BCUT2D eigenvalue weighted by Crippen LogP contribution is 2.24. The molecular formula is C16H32O2Si. The summed E-state index contributed by atoms with van der Waals surface area (Å²) in [6.07, 6.45) is 6.02. The second kappa shape index (κ2) is 9.35. The summed E-state index contributed by atoms with van der Waals surface area (Å²) in [5.41, 5.74) is 0.487. The van der Waals surface area contributed by atoms with Crippen molar-refractivity contribution in [1.82, 2.24) is 0 Å². The molecule has 0 amide bonds. The summed E-state index contributed by atoms with van der Waals surface area (Å²) in [6, 6.07) is 1.44. The Labute approximate surface area is 120 Å². The lowest BCUT2D eigenvalue weighted by Crippen LogP contribution is -2.23. The molecule has 0 saturated heterocycles. The fourth-order valence-corrected chi connectivity index (χ4v) is 4.54. The number of carbonyl (C=O) groups is 1. The van der Waals surface area contributed by atoms with E-state index in [0.717, 1.165) is 18.8 Å². The molecule has 0 radical (unpaired) electrons. The Hall–Kier alpha value is -0.573. The Morgan fingerprint density at radius 1 is 1.21 bits per heavy atom. The SMILES string of the molecule is C=C(C)C(=O)OCCCCCC(CC)C[Si](C)(C)C. The topological polar surface area (TPSA) is 26.3 Å². The van der Waals surface area contributed by atoms with Gasteiger partial charge in [-0.1, -0.05) is 64.9 Å². The van der Waals surface area contributed by atoms with Crippen LogP contribution < -0.4 is 0 Å². The van der Waals surface area contributed by atoms with Crippen LogP contribution in [-0.4, -0.2) is 20.7 Å². The van der Waals surface area contributed by atoms with Gasteiger partial charge in [0.05, 0.1) is 6.61 Å². The van der Waals surface area contributed by atoms with Crippen LogP contribution in [0.25, 0.3) is 0 Å². The van der Waals surface area contributed by atoms with Crippen LogP contribution in [0.15, 0.2) is 12.2 Å². The van der Waals surface area contributed by atoms with Crippen LogP contribution >= 0.6 is 0 Å². The monoisotopic (exact) mass is 284 g/mol. The van der Waals surface area contributed by atoms with Crippen molar-refractivity contribution in [2.75, 3.05) is 6.61 Å². The standard InChI is InChI=1S/C16H32O2Si/c1-7-15(13-19(4,5)6)11-9-8-10-12-18-16(17)14(2)3/h15H,2,7-13H2,1,3-6H3. The first kappa shape index (κ1) is 18.4. The normalized spacial score (nSPS) is 13.1. The molecule has 0 fully saturated rings. The van der Waals surface area contributed by atoms with Gasteiger partial charge in [-0.15, -0.1) is 0 Å². The summed E-state index contributed by atoms with van der Waals surface area (Å²) in [6.45, 7) is 15.4. The third-order valence-electron chi connectivity index (χ3n) is 3.32. The molecule has 3 heteroatoms. The number of rotatable bonds is 10. The summed E-state index contributed by atoms with van der Waals surface area (Å²) in [7, 11) is -0.923. The maximum Gasteiger partial charge on any atom is 0.333 e. The first-order valence-corrected chi connectivity index (χ1v) is 11.3. The second-order valence-corrected chi connectivity index (χ2v) is 12.3. The van der Waals surface area contributed by atoms with E-state index in [4.69, 9.17) is 4.74 Å². The van der Waals surface area contributed by atoms with Crippen molar-refractivity contribution in [2.45, 2.75) is 71.6 Å². The molecule has 112 valence electrons. The van der Waals surface area contributed by atoms with E-state index >= 15 is 0 Å². The molecule has 0 bridgehead atoms. The van der Waals surface area contributed by atoms with Crippen molar-refractivity contribution in [3.8, 4) is 0 Å². The van der Waals surface area contributed by atoms with E-state index in [1.165, 1.54) is 25.3 Å². The van der Waals surface area contributed by atoms with Gasteiger partial charge >= 0.3 is 5.97 Å². The maximum absolute atomic E-state index is 11.2. The molecule has 0 heterocycles. The fraction of sp³-hybridized carbons (Fsp3) is 0.812. The van der Waals surface area contributed by atoms with Crippen LogP contribution in [0.3, 0.4) is 0 Å². The largest absolute Gasteiger partial charge is 0.462 e. The van der Waals surface area contributed by atoms with Gasteiger partial charge in [0.25, 0.3) is 0 Å². The molecule has 19 heavy (non-hydrogen) atoms. The molecule has 0 saturated carbocycles. The van der Waals surface area contributed by atoms with E-state index in [2.05, 4.69) is 33.1 Å². The molecular weight excluding hydrogens is 252 g/mol. The Balaban J connectivity index is 3.62. The lowest BCUT2D eigenvalue weighted by molar-refractivity contribution is -0.139. The van der Waals surface area contributed by atoms with Crippen LogP contribution in [-0.2, 0) is 9.53 Å². The molecule has 0 aliphatic carbocycles. The highest BCUT2D eigenvalue weighted by Gasteiger charge is 2.18. The maximum atomic E-state index is 11.2. The van der Waals surface area contributed by atoms with Gasteiger partial charge in [-0.3, -0.25) is 0 Å². The molecule has 0 aliphatic heterocycles. The Morgan fingerprint density at radius 2 is 1.84 bits per heavy atom. The molecule has 2 nitrogen and oxygen atoms in total. The molecule has 0 aliphatic rings. The van der Waals surface area contributed by atoms with E-state index in [-0.39, 0.29) is 5.97 Å². The number of carbonyl (C=O) groups excluding carboxylic acids is 1. The van der Waals surface area contributed by atoms with Crippen LogP contribution in [0.4, 0.5) is 0 Å². The lowest BCUT2D eigenvalue weighted by Gasteiger charge is -2.23. The molecule has 0 rings (SSSR count). The summed E-state index contributed by atoms with van der Waals surface area (Å²) in [4.78, 5) is 11.2. The summed E-state index contributed by atoms with van der Waals surface area (Å²) in [5, 5.41) is 0. The van der Waals surface area contributed by atoms with Gasteiger partial charge in [-0.25, -0.2) is 4.79 Å². The minimum Gasteiger partial charge on any atom is -0.462 e. The average Bonchev–Trinajstić information content (AvgIpc) is 2.29. The van der Waals surface area contributed by atoms with Gasteiger partial charge in [0.2, 0.25) is 0 Å². The van der Waals surface area contributed by atoms with Gasteiger partial charge in [0.1, 0.15) is 0 Å². The van der Waals surface area contributed by atoms with E-state index in [0.29, 0.717) is 12.2 Å². The van der Waals surface area contributed by atoms with Crippen LogP contribution in [0.5, 0.6) is 0 Å². The first-order chi connectivity index (χ1) is 8.76. The van der Waals surface area contributed by atoms with Crippen molar-refractivity contribution in [1.29, 1.82) is 0 Å². The van der Waals surface area contributed by atoms with Crippen molar-refractivity contribution >= 4 is 14.0 Å². The summed E-state index contributed by atoms with van der Waals surface area (Å²) < 4.78 is 5.09. The Kier molecular flexibility index (Phi) is 9.07. The van der Waals surface area contributed by atoms with Gasteiger partial charge in [-0.05, 0) is 19.3 Å². The van der Waals surface area contributed by atoms with E-state index in [9.17, 15) is 4.79 Å². The highest BCUT2D eigenvalue weighted by atomic mass is 28.3. The second-order valence-electron chi connectivity index (χ2n) is 6.80. The zero-order valence-corrected chi connectivity index (χ0v) is 14.6. The van der Waals surface area contributed by atoms with Gasteiger partial charge < -0.3 is 4.74 Å². The number of esters is 1. The van der Waals surface area contributed by atoms with E-state index in [1.54, 1.807) is 6.92 Å². The molecule has 1 atom stereocenters. The van der Waals surface area contributed by atoms with E-state index in [1.807, 2.05) is 0 Å². The van der Waals surface area contributed by atoms with Crippen molar-refractivity contribution < 1.29 is 9.53 Å². The van der Waals surface area contributed by atoms with Crippen molar-refractivity contribution in [3.05, 3.63) is 12.2 Å².